The van der Waals surface area contributed by atoms with Gasteiger partial charge in [-0.05, 0) is 35.4 Å². The molecule has 0 aromatic heterocycles. The van der Waals surface area contributed by atoms with Crippen molar-refractivity contribution in [2.24, 2.45) is 10.7 Å². The lowest BCUT2D eigenvalue weighted by atomic mass is 10.1. The monoisotopic (exact) mass is 430 g/mol. The van der Waals surface area contributed by atoms with E-state index in [1.165, 1.54) is 48.6 Å². The predicted octanol–water partition coefficient (Wildman–Crippen LogP) is 2.58. The molecule has 0 bridgehead atoms. The Bertz CT molecular complexity index is 1110. The van der Waals surface area contributed by atoms with Gasteiger partial charge >= 0.3 is 0 Å². The van der Waals surface area contributed by atoms with Crippen molar-refractivity contribution < 1.29 is 25.9 Å². The average Bonchev–Trinajstić information content (AvgIpc) is 2.59. The molecule has 0 aliphatic heterocycles. The lowest BCUT2D eigenvalue weighted by Crippen LogP contribution is -2.12. The van der Waals surface area contributed by atoms with Crippen molar-refractivity contribution >= 4 is 55.5 Å². The van der Waals surface area contributed by atoms with Gasteiger partial charge in [0.15, 0.2) is 0 Å². The molecule has 2 rings (SSSR count). The minimum absolute atomic E-state index is 0.0393. The summed E-state index contributed by atoms with van der Waals surface area (Å²) in [6.45, 7) is 0. The fourth-order valence-electron chi connectivity index (χ4n) is 2.09. The van der Waals surface area contributed by atoms with E-state index in [-0.39, 0.29) is 32.8 Å². The zero-order valence-corrected chi connectivity index (χ0v) is 16.0. The van der Waals surface area contributed by atoms with Gasteiger partial charge in [-0.2, -0.15) is 16.8 Å². The van der Waals surface area contributed by atoms with Crippen LogP contribution in [0.3, 0.4) is 0 Å². The van der Waals surface area contributed by atoms with E-state index in [0.29, 0.717) is 5.56 Å². The molecule has 0 radical (unpaired) electrons. The molecule has 0 aliphatic carbocycles. The van der Waals surface area contributed by atoms with Crippen molar-refractivity contribution in [2.45, 2.75) is 9.79 Å². The Labute approximate surface area is 161 Å². The lowest BCUT2D eigenvalue weighted by Gasteiger charge is -2.05. The molecule has 11 heteroatoms. The summed E-state index contributed by atoms with van der Waals surface area (Å²) in [5.74, 6) is 0.0442. The highest BCUT2D eigenvalue weighted by molar-refractivity contribution is 7.86. The van der Waals surface area contributed by atoms with Gasteiger partial charge in [0.2, 0.25) is 0 Å². The molecular formula is C16H15ClN2O6S2. The lowest BCUT2D eigenvalue weighted by molar-refractivity contribution is 0.481. The van der Waals surface area contributed by atoms with E-state index in [1.54, 1.807) is 0 Å². The summed E-state index contributed by atoms with van der Waals surface area (Å²) in [6, 6.07) is 9.31. The van der Waals surface area contributed by atoms with Crippen LogP contribution in [0.4, 0.5) is 5.69 Å². The number of nitrogens with two attached hydrogens (primary N) is 1. The van der Waals surface area contributed by atoms with E-state index in [4.69, 9.17) is 21.9 Å². The third-order valence-electron chi connectivity index (χ3n) is 3.32. The second-order valence-electron chi connectivity index (χ2n) is 5.31. The highest BCUT2D eigenvalue weighted by atomic mass is 35.5. The molecule has 2 aromatic rings. The standard InChI is InChI=1S/C16H15ClN2O6S2/c17-10-16(18)19-13-6-5-12(15(9-13)27(23,24)25)4-1-11-2-7-14(8-3-11)26(20,21)22/h1-9H,10H2,(H2,18,19)(H,20,21,22)(H,23,24,25). The van der Waals surface area contributed by atoms with Crippen LogP contribution in [0.5, 0.6) is 0 Å². The first-order chi connectivity index (χ1) is 12.5. The normalized spacial score (nSPS) is 13.2. The summed E-state index contributed by atoms with van der Waals surface area (Å²) >= 11 is 5.53. The summed E-state index contributed by atoms with van der Waals surface area (Å²) in [4.78, 5) is 3.28. The number of alkyl halides is 1. The van der Waals surface area contributed by atoms with Crippen LogP contribution in [0.1, 0.15) is 11.1 Å². The van der Waals surface area contributed by atoms with Gasteiger partial charge in [-0.3, -0.25) is 9.11 Å². The van der Waals surface area contributed by atoms with Crippen LogP contribution in [0, 0.1) is 0 Å². The van der Waals surface area contributed by atoms with Gasteiger partial charge < -0.3 is 5.73 Å². The number of rotatable bonds is 6. The minimum Gasteiger partial charge on any atom is -0.386 e. The van der Waals surface area contributed by atoms with Gasteiger partial charge in [0.25, 0.3) is 20.2 Å². The Balaban J connectivity index is 2.42. The Morgan fingerprint density at radius 1 is 1.00 bits per heavy atom. The number of benzene rings is 2. The number of halogens is 1. The summed E-state index contributed by atoms with van der Waals surface area (Å²) in [5.41, 5.74) is 6.43. The minimum atomic E-state index is -4.54. The quantitative estimate of drug-likeness (QED) is 0.210. The van der Waals surface area contributed by atoms with Crippen LogP contribution in [0.25, 0.3) is 12.2 Å². The van der Waals surface area contributed by atoms with Crippen LogP contribution >= 0.6 is 11.6 Å². The largest absolute Gasteiger partial charge is 0.386 e. The zero-order chi connectivity index (χ0) is 20.2. The first kappa shape index (κ1) is 21.1. The van der Waals surface area contributed by atoms with Crippen molar-refractivity contribution in [1.29, 1.82) is 0 Å². The third-order valence-corrected chi connectivity index (χ3v) is 5.37. The van der Waals surface area contributed by atoms with Crippen molar-refractivity contribution in [3.8, 4) is 0 Å². The molecule has 0 atom stereocenters. The van der Waals surface area contributed by atoms with Crippen LogP contribution < -0.4 is 5.73 Å². The molecule has 8 nitrogen and oxygen atoms in total. The molecule has 27 heavy (non-hydrogen) atoms. The molecule has 0 aliphatic rings. The molecule has 0 unspecified atom stereocenters. The first-order valence-corrected chi connectivity index (χ1v) is 10.7. The molecule has 0 spiro atoms. The topological polar surface area (TPSA) is 147 Å². The van der Waals surface area contributed by atoms with Crippen molar-refractivity contribution in [3.63, 3.8) is 0 Å². The number of aliphatic imine (C=N–C) groups is 1. The second-order valence-corrected chi connectivity index (χ2v) is 8.39. The molecule has 144 valence electrons. The van der Waals surface area contributed by atoms with Gasteiger partial charge in [0.1, 0.15) is 10.7 Å². The van der Waals surface area contributed by atoms with Crippen molar-refractivity contribution in [1.82, 2.24) is 0 Å². The maximum absolute atomic E-state index is 11.6. The van der Waals surface area contributed by atoms with E-state index in [1.807, 2.05) is 0 Å². The molecule has 2 aromatic carbocycles. The van der Waals surface area contributed by atoms with Gasteiger partial charge in [0, 0.05) is 0 Å². The van der Waals surface area contributed by atoms with Crippen LogP contribution in [-0.2, 0) is 20.2 Å². The molecule has 0 amide bonds. The summed E-state index contributed by atoms with van der Waals surface area (Å²) in [7, 11) is -8.83. The molecule has 0 saturated heterocycles. The summed E-state index contributed by atoms with van der Waals surface area (Å²) < 4.78 is 63.7. The third kappa shape index (κ3) is 5.88. The van der Waals surface area contributed by atoms with Crippen molar-refractivity contribution in [3.05, 3.63) is 53.6 Å². The molecule has 0 saturated carbocycles. The fourth-order valence-corrected chi connectivity index (χ4v) is 3.33. The van der Waals surface area contributed by atoms with Crippen LogP contribution in [0.15, 0.2) is 57.2 Å². The van der Waals surface area contributed by atoms with E-state index in [2.05, 4.69) is 4.99 Å². The first-order valence-electron chi connectivity index (χ1n) is 7.27. The fraction of sp³-hybridized carbons (Fsp3) is 0.0625. The maximum atomic E-state index is 11.6. The van der Waals surface area contributed by atoms with E-state index in [0.717, 1.165) is 6.07 Å². The zero-order valence-electron chi connectivity index (χ0n) is 13.6. The van der Waals surface area contributed by atoms with E-state index >= 15 is 0 Å². The Morgan fingerprint density at radius 2 is 1.63 bits per heavy atom. The van der Waals surface area contributed by atoms with Crippen LogP contribution in [0.2, 0.25) is 0 Å². The van der Waals surface area contributed by atoms with Gasteiger partial charge in [-0.25, -0.2) is 4.99 Å². The van der Waals surface area contributed by atoms with Gasteiger partial charge in [0.05, 0.1) is 16.5 Å². The Morgan fingerprint density at radius 3 is 2.15 bits per heavy atom. The number of amidine groups is 1. The van der Waals surface area contributed by atoms with Crippen molar-refractivity contribution in [2.75, 3.05) is 5.88 Å². The smallest absolute Gasteiger partial charge is 0.295 e. The van der Waals surface area contributed by atoms with E-state index in [9.17, 15) is 21.4 Å². The maximum Gasteiger partial charge on any atom is 0.295 e. The molecule has 0 fully saturated rings. The Kier molecular flexibility index (Phi) is 6.39. The molecular weight excluding hydrogens is 416 g/mol. The summed E-state index contributed by atoms with van der Waals surface area (Å²) in [6.07, 6.45) is 2.93. The number of nitrogens with zero attached hydrogens (tertiary/aromatic N) is 1. The van der Waals surface area contributed by atoms with E-state index < -0.39 is 20.2 Å². The van der Waals surface area contributed by atoms with Gasteiger partial charge in [-0.15, -0.1) is 11.6 Å². The van der Waals surface area contributed by atoms with Crippen LogP contribution in [-0.4, -0.2) is 37.7 Å². The number of hydrogen-bond donors (Lipinski definition) is 3. The van der Waals surface area contributed by atoms with Gasteiger partial charge in [-0.1, -0.05) is 30.4 Å². The molecule has 4 N–H and O–H groups in total. The SMILES string of the molecule is NC(CCl)=Nc1ccc(C=Cc2ccc(S(=O)(=O)O)cc2)c(S(=O)(=O)O)c1. The second kappa shape index (κ2) is 8.19. The molecule has 0 heterocycles. The highest BCUT2D eigenvalue weighted by Crippen LogP contribution is 2.25. The summed E-state index contributed by atoms with van der Waals surface area (Å²) in [5, 5.41) is 0. The highest BCUT2D eigenvalue weighted by Gasteiger charge is 2.15. The predicted molar refractivity (Wildman–Crippen MR) is 103 cm³/mol. The number of hydrogen-bond acceptors (Lipinski definition) is 5. The Hall–Kier alpha value is -2.24. The average molecular weight is 431 g/mol.